The molecule has 3 atom stereocenters. The van der Waals surface area contributed by atoms with Crippen LogP contribution in [0.25, 0.3) is 0 Å². The van der Waals surface area contributed by atoms with Gasteiger partial charge in [-0.05, 0) is 55.6 Å². The minimum atomic E-state index is -0.718. The molecule has 23 heavy (non-hydrogen) atoms. The van der Waals surface area contributed by atoms with Gasteiger partial charge >= 0.3 is 11.9 Å². The molecule has 0 saturated heterocycles. The van der Waals surface area contributed by atoms with Crippen LogP contribution in [0.1, 0.15) is 52.9 Å². The van der Waals surface area contributed by atoms with E-state index in [1.807, 2.05) is 6.08 Å². The molecule has 0 bridgehead atoms. The van der Waals surface area contributed by atoms with Gasteiger partial charge in [-0.15, -0.1) is 0 Å². The smallest absolute Gasteiger partial charge is 0.334 e. The second-order valence-corrected chi connectivity index (χ2v) is 8.36. The van der Waals surface area contributed by atoms with E-state index in [0.29, 0.717) is 18.1 Å². The zero-order chi connectivity index (χ0) is 16.5. The Labute approximate surface area is 136 Å². The number of hydrogen-bond acceptors (Lipinski definition) is 4. The maximum absolute atomic E-state index is 12.1. The van der Waals surface area contributed by atoms with E-state index in [0.717, 1.165) is 31.3 Å². The molecule has 0 aromatic carbocycles. The molecule has 0 radical (unpaired) electrons. The van der Waals surface area contributed by atoms with E-state index in [1.54, 1.807) is 13.0 Å². The molecule has 4 aliphatic rings. The molecular formula is C19H24O4. The quantitative estimate of drug-likeness (QED) is 0.643. The van der Waals surface area contributed by atoms with E-state index in [2.05, 4.69) is 13.8 Å². The summed E-state index contributed by atoms with van der Waals surface area (Å²) < 4.78 is 11.3. The second-order valence-electron chi connectivity index (χ2n) is 8.36. The van der Waals surface area contributed by atoms with Crippen LogP contribution in [0.2, 0.25) is 0 Å². The molecule has 0 aromatic rings. The lowest BCUT2D eigenvalue weighted by Gasteiger charge is -2.60. The van der Waals surface area contributed by atoms with Gasteiger partial charge in [-0.25, -0.2) is 9.59 Å². The van der Waals surface area contributed by atoms with Crippen molar-refractivity contribution in [1.29, 1.82) is 0 Å². The molecule has 4 nitrogen and oxygen atoms in total. The van der Waals surface area contributed by atoms with E-state index in [4.69, 9.17) is 9.47 Å². The van der Waals surface area contributed by atoms with Crippen molar-refractivity contribution in [3.63, 3.8) is 0 Å². The highest BCUT2D eigenvalue weighted by molar-refractivity contribution is 5.93. The van der Waals surface area contributed by atoms with Gasteiger partial charge in [-0.3, -0.25) is 0 Å². The van der Waals surface area contributed by atoms with Crippen LogP contribution in [-0.4, -0.2) is 24.1 Å². The van der Waals surface area contributed by atoms with Crippen LogP contribution in [0.4, 0.5) is 0 Å². The number of carbonyl (C=O) groups excluding carboxylic acids is 2. The Morgan fingerprint density at radius 1 is 1.17 bits per heavy atom. The zero-order valence-corrected chi connectivity index (χ0v) is 14.1. The van der Waals surface area contributed by atoms with Crippen LogP contribution in [0.5, 0.6) is 0 Å². The van der Waals surface area contributed by atoms with Gasteiger partial charge in [-0.1, -0.05) is 20.3 Å². The molecule has 0 aromatic heterocycles. The first kappa shape index (κ1) is 15.0. The Morgan fingerprint density at radius 3 is 2.65 bits per heavy atom. The highest BCUT2D eigenvalue weighted by Gasteiger charge is 2.62. The Hall–Kier alpha value is -1.58. The zero-order valence-electron chi connectivity index (χ0n) is 14.1. The molecule has 4 rings (SSSR count). The van der Waals surface area contributed by atoms with Crippen LogP contribution in [-0.2, 0) is 19.1 Å². The molecule has 2 fully saturated rings. The van der Waals surface area contributed by atoms with Crippen molar-refractivity contribution in [2.45, 2.75) is 58.5 Å². The predicted octanol–water partition coefficient (Wildman–Crippen LogP) is 3.32. The molecule has 4 heteroatoms. The minimum Gasteiger partial charge on any atom is -0.462 e. The van der Waals surface area contributed by atoms with Gasteiger partial charge in [0.25, 0.3) is 0 Å². The SMILES string of the molecule is CC1=C[C@]2(CC[C@H]3C(C)(C)CCC[C@@]34COC(=O)C=C42)OC1=O. The van der Waals surface area contributed by atoms with Crippen LogP contribution >= 0.6 is 0 Å². The number of rotatable bonds is 0. The first-order valence-corrected chi connectivity index (χ1v) is 8.61. The third-order valence-corrected chi connectivity index (χ3v) is 6.63. The standard InChI is InChI=1S/C19H24O4/c1-12-10-19(23-16(12)21)8-5-13-17(2,3)6-4-7-18(13)11-22-15(20)9-14(18)19/h9-10,13H,4-8,11H2,1-3H3/t13-,18+,19-/m0/s1. The van der Waals surface area contributed by atoms with Crippen molar-refractivity contribution in [1.82, 2.24) is 0 Å². The fraction of sp³-hybridized carbons (Fsp3) is 0.684. The van der Waals surface area contributed by atoms with Crippen LogP contribution < -0.4 is 0 Å². The summed E-state index contributed by atoms with van der Waals surface area (Å²) in [5.41, 5.74) is 0.966. The summed E-state index contributed by atoms with van der Waals surface area (Å²) in [5, 5.41) is 0. The molecule has 124 valence electrons. The minimum absolute atomic E-state index is 0.171. The number of cyclic esters (lactones) is 1. The lowest BCUT2D eigenvalue weighted by atomic mass is 9.46. The van der Waals surface area contributed by atoms with Crippen LogP contribution in [0, 0.1) is 16.7 Å². The molecular weight excluding hydrogens is 292 g/mol. The van der Waals surface area contributed by atoms with Gasteiger partial charge in [-0.2, -0.15) is 0 Å². The number of ether oxygens (including phenoxy) is 2. The first-order chi connectivity index (χ1) is 10.8. The van der Waals surface area contributed by atoms with E-state index in [1.165, 1.54) is 6.42 Å². The molecule has 2 saturated carbocycles. The maximum atomic E-state index is 12.1. The lowest BCUT2D eigenvalue weighted by molar-refractivity contribution is -0.163. The lowest BCUT2D eigenvalue weighted by Crippen LogP contribution is -2.58. The second kappa shape index (κ2) is 4.49. The topological polar surface area (TPSA) is 52.6 Å². The summed E-state index contributed by atoms with van der Waals surface area (Å²) in [7, 11) is 0. The molecule has 2 heterocycles. The monoisotopic (exact) mass is 316 g/mol. The number of esters is 2. The molecule has 2 aliphatic carbocycles. The van der Waals surface area contributed by atoms with Crippen molar-refractivity contribution in [3.05, 3.63) is 23.3 Å². The molecule has 0 amide bonds. The van der Waals surface area contributed by atoms with Gasteiger partial charge in [0.2, 0.25) is 0 Å². The van der Waals surface area contributed by atoms with Crippen molar-refractivity contribution < 1.29 is 19.1 Å². The van der Waals surface area contributed by atoms with Gasteiger partial charge < -0.3 is 9.47 Å². The normalized spacial score (nSPS) is 41.4. The molecule has 0 N–H and O–H groups in total. The fourth-order valence-corrected chi connectivity index (χ4v) is 5.68. The Balaban J connectivity index is 1.88. The first-order valence-electron chi connectivity index (χ1n) is 8.61. The van der Waals surface area contributed by atoms with Crippen molar-refractivity contribution in [3.8, 4) is 0 Å². The summed E-state index contributed by atoms with van der Waals surface area (Å²) in [6.45, 7) is 6.87. The van der Waals surface area contributed by atoms with E-state index in [9.17, 15) is 9.59 Å². The van der Waals surface area contributed by atoms with Crippen molar-refractivity contribution in [2.75, 3.05) is 6.61 Å². The largest absolute Gasteiger partial charge is 0.462 e. The van der Waals surface area contributed by atoms with Crippen molar-refractivity contribution >= 4 is 11.9 Å². The molecule has 0 unspecified atom stereocenters. The summed E-state index contributed by atoms with van der Waals surface area (Å²) >= 11 is 0. The third kappa shape index (κ3) is 1.90. The van der Waals surface area contributed by atoms with Crippen LogP contribution in [0.15, 0.2) is 23.3 Å². The number of carbonyl (C=O) groups is 2. The van der Waals surface area contributed by atoms with Gasteiger partial charge in [0.15, 0.2) is 5.60 Å². The van der Waals surface area contributed by atoms with Gasteiger partial charge in [0.1, 0.15) is 6.61 Å². The van der Waals surface area contributed by atoms with E-state index < -0.39 is 5.60 Å². The highest BCUT2D eigenvalue weighted by Crippen LogP contribution is 2.64. The van der Waals surface area contributed by atoms with Gasteiger partial charge in [0, 0.05) is 17.1 Å². The Kier molecular flexibility index (Phi) is 2.92. The third-order valence-electron chi connectivity index (χ3n) is 6.63. The Morgan fingerprint density at radius 2 is 1.96 bits per heavy atom. The summed E-state index contributed by atoms with van der Waals surface area (Å²) in [6.07, 6.45) is 8.66. The highest BCUT2D eigenvalue weighted by atomic mass is 16.6. The Bertz CT molecular complexity index is 656. The molecule has 2 spiro atoms. The predicted molar refractivity (Wildman–Crippen MR) is 84.4 cm³/mol. The molecule has 2 aliphatic heterocycles. The number of fused-ring (bicyclic) bond motifs is 1. The fourth-order valence-electron chi connectivity index (χ4n) is 5.68. The summed E-state index contributed by atoms with van der Waals surface area (Å²) in [4.78, 5) is 24.0. The van der Waals surface area contributed by atoms with E-state index in [-0.39, 0.29) is 22.8 Å². The van der Waals surface area contributed by atoms with Crippen molar-refractivity contribution in [2.24, 2.45) is 16.7 Å². The average molecular weight is 316 g/mol. The van der Waals surface area contributed by atoms with Crippen LogP contribution in [0.3, 0.4) is 0 Å². The number of hydrogen-bond donors (Lipinski definition) is 0. The summed E-state index contributed by atoms with van der Waals surface area (Å²) in [6, 6.07) is 0. The maximum Gasteiger partial charge on any atom is 0.334 e. The average Bonchev–Trinajstić information content (AvgIpc) is 2.75. The summed E-state index contributed by atoms with van der Waals surface area (Å²) in [5.74, 6) is -0.0988. The van der Waals surface area contributed by atoms with Gasteiger partial charge in [0.05, 0.1) is 0 Å². The van der Waals surface area contributed by atoms with E-state index >= 15 is 0 Å².